The summed E-state index contributed by atoms with van der Waals surface area (Å²) in [5.41, 5.74) is 2.30. The normalized spacial score (nSPS) is 10.4. The summed E-state index contributed by atoms with van der Waals surface area (Å²) in [6.45, 7) is 4.48. The van der Waals surface area contributed by atoms with Crippen molar-refractivity contribution in [2.45, 2.75) is 20.8 Å². The van der Waals surface area contributed by atoms with Gasteiger partial charge in [0.2, 0.25) is 0 Å². The molecule has 120 valence electrons. The Morgan fingerprint density at radius 3 is 2.26 bits per heavy atom. The molecule has 1 N–H and O–H groups in total. The van der Waals surface area contributed by atoms with Gasteiger partial charge in [-0.25, -0.2) is 4.79 Å². The Bertz CT molecular complexity index is 775. The van der Waals surface area contributed by atoms with E-state index >= 15 is 0 Å². The van der Waals surface area contributed by atoms with Crippen LogP contribution in [-0.2, 0) is 4.74 Å². The van der Waals surface area contributed by atoms with Crippen molar-refractivity contribution in [3.05, 3.63) is 56.8 Å². The van der Waals surface area contributed by atoms with E-state index in [0.717, 1.165) is 4.47 Å². The van der Waals surface area contributed by atoms with Gasteiger partial charge in [0.05, 0.1) is 0 Å². The zero-order valence-corrected chi connectivity index (χ0v) is 14.6. The smallest absolute Gasteiger partial charge is 0.355 e. The van der Waals surface area contributed by atoms with Crippen molar-refractivity contribution in [1.29, 1.82) is 0 Å². The van der Waals surface area contributed by atoms with E-state index in [4.69, 9.17) is 4.74 Å². The summed E-state index contributed by atoms with van der Waals surface area (Å²) in [6.07, 6.45) is 0. The summed E-state index contributed by atoms with van der Waals surface area (Å²) in [5, 5.41) is 0. The molecule has 0 saturated heterocycles. The molecule has 6 heteroatoms. The van der Waals surface area contributed by atoms with Crippen molar-refractivity contribution in [2.75, 3.05) is 6.61 Å². The highest BCUT2D eigenvalue weighted by molar-refractivity contribution is 9.10. The fraction of sp³-hybridized carbons (Fsp3) is 0.235. The first-order valence-corrected chi connectivity index (χ1v) is 7.76. The third-order valence-electron chi connectivity index (χ3n) is 3.49. The molecule has 0 fully saturated rings. The minimum Gasteiger partial charge on any atom is -0.453 e. The second-order valence-electron chi connectivity index (χ2n) is 5.19. The summed E-state index contributed by atoms with van der Waals surface area (Å²) in [7, 11) is 0. The van der Waals surface area contributed by atoms with E-state index in [1.54, 1.807) is 38.1 Å². The lowest BCUT2D eigenvalue weighted by Crippen LogP contribution is -2.15. The van der Waals surface area contributed by atoms with Crippen LogP contribution in [0.5, 0.6) is 0 Å². The number of aromatic nitrogens is 1. The Labute approximate surface area is 142 Å². The fourth-order valence-electron chi connectivity index (χ4n) is 2.40. The molecule has 0 bridgehead atoms. The predicted octanol–water partition coefficient (Wildman–Crippen LogP) is 3.64. The second kappa shape index (κ2) is 6.91. The Balaban J connectivity index is 2.08. The van der Waals surface area contributed by atoms with Crippen LogP contribution in [0.1, 0.15) is 49.4 Å². The van der Waals surface area contributed by atoms with Gasteiger partial charge in [0, 0.05) is 21.3 Å². The summed E-state index contributed by atoms with van der Waals surface area (Å²) in [6, 6.07) is 6.79. The summed E-state index contributed by atoms with van der Waals surface area (Å²) in [5.74, 6) is -1.07. The molecule has 0 unspecified atom stereocenters. The summed E-state index contributed by atoms with van der Waals surface area (Å²) < 4.78 is 5.92. The first kappa shape index (κ1) is 17.1. The SMILES string of the molecule is CC(=O)c1c(C)[nH]c(C(=O)OCC(=O)c2ccc(Br)cc2)c1C. The molecule has 0 spiro atoms. The topological polar surface area (TPSA) is 76.2 Å². The predicted molar refractivity (Wildman–Crippen MR) is 89.0 cm³/mol. The number of ketones is 2. The number of H-pyrrole nitrogens is 1. The Morgan fingerprint density at radius 2 is 1.74 bits per heavy atom. The number of hydrogen-bond acceptors (Lipinski definition) is 4. The Hall–Kier alpha value is -2.21. The lowest BCUT2D eigenvalue weighted by atomic mass is 10.1. The molecule has 0 aliphatic carbocycles. The van der Waals surface area contributed by atoms with E-state index in [0.29, 0.717) is 22.4 Å². The molecule has 0 saturated carbocycles. The van der Waals surface area contributed by atoms with Gasteiger partial charge in [-0.1, -0.05) is 28.1 Å². The van der Waals surface area contributed by atoms with Crippen LogP contribution in [0.3, 0.4) is 0 Å². The van der Waals surface area contributed by atoms with E-state index < -0.39 is 5.97 Å². The van der Waals surface area contributed by atoms with Crippen molar-refractivity contribution in [3.8, 4) is 0 Å². The average molecular weight is 378 g/mol. The van der Waals surface area contributed by atoms with Gasteiger partial charge >= 0.3 is 5.97 Å². The van der Waals surface area contributed by atoms with Gasteiger partial charge < -0.3 is 9.72 Å². The highest BCUT2D eigenvalue weighted by Gasteiger charge is 2.21. The number of carbonyl (C=O) groups is 3. The number of nitrogens with one attached hydrogen (secondary N) is 1. The van der Waals surface area contributed by atoms with Gasteiger partial charge in [-0.3, -0.25) is 9.59 Å². The third kappa shape index (κ3) is 3.76. The number of aryl methyl sites for hydroxylation is 1. The van der Waals surface area contributed by atoms with E-state index in [1.807, 2.05) is 0 Å². The number of halogens is 1. The first-order valence-electron chi connectivity index (χ1n) is 6.97. The molecule has 0 atom stereocenters. The van der Waals surface area contributed by atoms with Gasteiger partial charge in [0.25, 0.3) is 0 Å². The molecule has 1 aromatic heterocycles. The number of ether oxygens (including phenoxy) is 1. The number of Topliss-reactive ketones (excluding diaryl/α,β-unsaturated/α-hetero) is 2. The molecular formula is C17H16BrNO4. The highest BCUT2D eigenvalue weighted by atomic mass is 79.9. The third-order valence-corrected chi connectivity index (χ3v) is 4.02. The first-order chi connectivity index (χ1) is 10.8. The Kier molecular flexibility index (Phi) is 5.15. The van der Waals surface area contributed by atoms with Crippen LogP contribution in [0.25, 0.3) is 0 Å². The zero-order chi connectivity index (χ0) is 17.1. The number of hydrogen-bond donors (Lipinski definition) is 1. The van der Waals surface area contributed by atoms with Crippen LogP contribution < -0.4 is 0 Å². The lowest BCUT2D eigenvalue weighted by Gasteiger charge is -2.04. The largest absolute Gasteiger partial charge is 0.453 e. The van der Waals surface area contributed by atoms with Crippen LogP contribution >= 0.6 is 15.9 Å². The molecule has 0 aliphatic rings. The second-order valence-corrected chi connectivity index (χ2v) is 6.10. The van der Waals surface area contributed by atoms with Crippen LogP contribution in [0.2, 0.25) is 0 Å². The van der Waals surface area contributed by atoms with Crippen molar-refractivity contribution in [3.63, 3.8) is 0 Å². The van der Waals surface area contributed by atoms with Gasteiger partial charge in [-0.05, 0) is 38.5 Å². The molecule has 5 nitrogen and oxygen atoms in total. The van der Waals surface area contributed by atoms with Crippen LogP contribution in [0.15, 0.2) is 28.7 Å². The minimum absolute atomic E-state index is 0.124. The Morgan fingerprint density at radius 1 is 1.13 bits per heavy atom. The average Bonchev–Trinajstić information content (AvgIpc) is 2.80. The minimum atomic E-state index is -0.649. The molecular weight excluding hydrogens is 362 g/mol. The van der Waals surface area contributed by atoms with Gasteiger partial charge in [-0.15, -0.1) is 0 Å². The monoisotopic (exact) mass is 377 g/mol. The molecule has 0 radical (unpaired) electrons. The van der Waals surface area contributed by atoms with Crippen molar-refractivity contribution in [1.82, 2.24) is 4.98 Å². The van der Waals surface area contributed by atoms with Crippen LogP contribution in [-0.4, -0.2) is 29.1 Å². The van der Waals surface area contributed by atoms with Crippen LogP contribution in [0.4, 0.5) is 0 Å². The molecule has 1 aromatic carbocycles. The van der Waals surface area contributed by atoms with Gasteiger partial charge in [0.1, 0.15) is 5.69 Å². The van der Waals surface area contributed by atoms with Crippen molar-refractivity contribution in [2.24, 2.45) is 0 Å². The maximum Gasteiger partial charge on any atom is 0.355 e. The maximum atomic E-state index is 12.1. The van der Waals surface area contributed by atoms with Crippen molar-refractivity contribution < 1.29 is 19.1 Å². The maximum absolute atomic E-state index is 12.1. The molecule has 2 aromatic rings. The van der Waals surface area contributed by atoms with E-state index in [9.17, 15) is 14.4 Å². The summed E-state index contributed by atoms with van der Waals surface area (Å²) >= 11 is 3.29. The van der Waals surface area contributed by atoms with Crippen molar-refractivity contribution >= 4 is 33.5 Å². The molecule has 2 rings (SSSR count). The zero-order valence-electron chi connectivity index (χ0n) is 13.0. The molecule has 23 heavy (non-hydrogen) atoms. The molecule has 0 amide bonds. The quantitative estimate of drug-likeness (QED) is 0.637. The number of benzene rings is 1. The number of carbonyl (C=O) groups excluding carboxylic acids is 3. The molecule has 1 heterocycles. The lowest BCUT2D eigenvalue weighted by molar-refractivity contribution is 0.0468. The number of rotatable bonds is 5. The number of aromatic amines is 1. The van der Waals surface area contributed by atoms with Gasteiger partial charge in [-0.2, -0.15) is 0 Å². The van der Waals surface area contributed by atoms with Crippen LogP contribution in [0, 0.1) is 13.8 Å². The molecule has 0 aliphatic heterocycles. The van der Waals surface area contributed by atoms with E-state index in [1.165, 1.54) is 6.92 Å². The van der Waals surface area contributed by atoms with E-state index in [-0.39, 0.29) is 23.9 Å². The van der Waals surface area contributed by atoms with Gasteiger partial charge in [0.15, 0.2) is 18.2 Å². The highest BCUT2D eigenvalue weighted by Crippen LogP contribution is 2.19. The number of esters is 1. The standard InChI is InChI=1S/C17H16BrNO4/c1-9-15(11(3)20)10(2)19-16(9)17(22)23-8-14(21)12-4-6-13(18)7-5-12/h4-7,19H,8H2,1-3H3. The van der Waals surface area contributed by atoms with E-state index in [2.05, 4.69) is 20.9 Å². The fourth-order valence-corrected chi connectivity index (χ4v) is 2.67. The summed E-state index contributed by atoms with van der Waals surface area (Å²) in [4.78, 5) is 38.5.